The van der Waals surface area contributed by atoms with Crippen molar-refractivity contribution in [2.75, 3.05) is 5.01 Å². The summed E-state index contributed by atoms with van der Waals surface area (Å²) in [5.41, 5.74) is 4.38. The van der Waals surface area contributed by atoms with Crippen LogP contribution in [0, 0.1) is 0 Å². The fourth-order valence-corrected chi connectivity index (χ4v) is 2.46. The van der Waals surface area contributed by atoms with E-state index in [-0.39, 0.29) is 5.91 Å². The van der Waals surface area contributed by atoms with Gasteiger partial charge >= 0.3 is 0 Å². The van der Waals surface area contributed by atoms with Crippen LogP contribution in [0.3, 0.4) is 0 Å². The zero-order valence-corrected chi connectivity index (χ0v) is 12.7. The van der Waals surface area contributed by atoms with Gasteiger partial charge < -0.3 is 0 Å². The van der Waals surface area contributed by atoms with E-state index < -0.39 is 11.0 Å². The minimum atomic E-state index is -1.02. The Labute approximate surface area is 133 Å². The molecule has 22 heavy (non-hydrogen) atoms. The van der Waals surface area contributed by atoms with Gasteiger partial charge in [0.15, 0.2) is 6.04 Å². The van der Waals surface area contributed by atoms with Gasteiger partial charge in [-0.25, -0.2) is 10.4 Å². The molecule has 1 aliphatic rings. The number of anilines is 1. The zero-order chi connectivity index (χ0) is 15.6. The molecule has 2 unspecified atom stereocenters. The molecule has 1 amide bonds. The van der Waals surface area contributed by atoms with Crippen LogP contribution >= 0.6 is 11.6 Å². The Morgan fingerprint density at radius 1 is 1.09 bits per heavy atom. The Hall–Kier alpha value is -2.24. The average Bonchev–Trinajstić information content (AvgIpc) is 2.77. The van der Waals surface area contributed by atoms with Crippen LogP contribution in [0.1, 0.15) is 6.92 Å². The zero-order valence-electron chi connectivity index (χ0n) is 12.0. The second kappa shape index (κ2) is 5.87. The van der Waals surface area contributed by atoms with Gasteiger partial charge in [-0.3, -0.25) is 4.79 Å². The molecule has 112 valence electrons. The van der Waals surface area contributed by atoms with E-state index in [1.807, 2.05) is 60.7 Å². The molecule has 1 heterocycles. The van der Waals surface area contributed by atoms with Crippen molar-refractivity contribution in [3.63, 3.8) is 0 Å². The van der Waals surface area contributed by atoms with Crippen molar-refractivity contribution in [3.8, 4) is 0 Å². The Kier molecular flexibility index (Phi) is 3.92. The quantitative estimate of drug-likeness (QED) is 0.534. The van der Waals surface area contributed by atoms with Gasteiger partial charge in [0.1, 0.15) is 5.00 Å². The number of amides is 1. The predicted octanol–water partition coefficient (Wildman–Crippen LogP) is 3.65. The number of para-hydroxylation sites is 1. The van der Waals surface area contributed by atoms with E-state index in [0.717, 1.165) is 5.69 Å². The molecule has 6 heteroatoms. The summed E-state index contributed by atoms with van der Waals surface area (Å²) < 4.78 is 0. The summed E-state index contributed by atoms with van der Waals surface area (Å²) in [4.78, 5) is 11.5. The third-order valence-corrected chi connectivity index (χ3v) is 3.65. The van der Waals surface area contributed by atoms with Gasteiger partial charge in [0.05, 0.1) is 11.4 Å². The van der Waals surface area contributed by atoms with Crippen LogP contribution in [0.4, 0.5) is 11.4 Å². The van der Waals surface area contributed by atoms with E-state index in [1.165, 1.54) is 5.01 Å². The molecular formula is C16H15ClN4O. The van der Waals surface area contributed by atoms with Gasteiger partial charge in [0, 0.05) is 0 Å². The number of rotatable bonds is 3. The highest BCUT2D eigenvalue weighted by Crippen LogP contribution is 2.31. The number of hydrogen-bond acceptors (Lipinski definition) is 4. The van der Waals surface area contributed by atoms with Crippen LogP contribution in [0.15, 0.2) is 70.9 Å². The lowest BCUT2D eigenvalue weighted by atomic mass is 10.1. The molecule has 1 saturated heterocycles. The number of hydrogen-bond donors (Lipinski definition) is 1. The molecular weight excluding hydrogens is 300 g/mol. The highest BCUT2D eigenvalue weighted by molar-refractivity contribution is 6.28. The highest BCUT2D eigenvalue weighted by Gasteiger charge is 2.49. The van der Waals surface area contributed by atoms with Gasteiger partial charge in [-0.1, -0.05) is 48.0 Å². The monoisotopic (exact) mass is 314 g/mol. The van der Waals surface area contributed by atoms with Crippen molar-refractivity contribution in [3.05, 3.63) is 60.7 Å². The minimum Gasteiger partial charge on any atom is -0.270 e. The molecule has 2 aromatic rings. The predicted molar refractivity (Wildman–Crippen MR) is 86.1 cm³/mol. The van der Waals surface area contributed by atoms with Crippen LogP contribution in [-0.4, -0.2) is 16.9 Å². The van der Waals surface area contributed by atoms with E-state index in [0.29, 0.717) is 5.69 Å². The van der Waals surface area contributed by atoms with Crippen LogP contribution in [-0.2, 0) is 4.79 Å². The van der Waals surface area contributed by atoms with Crippen molar-refractivity contribution < 1.29 is 4.79 Å². The van der Waals surface area contributed by atoms with E-state index in [1.54, 1.807) is 6.92 Å². The summed E-state index contributed by atoms with van der Waals surface area (Å²) >= 11 is 6.41. The van der Waals surface area contributed by atoms with E-state index in [2.05, 4.69) is 15.7 Å². The normalized spacial score (nSPS) is 25.1. The molecule has 0 aliphatic carbocycles. The van der Waals surface area contributed by atoms with Gasteiger partial charge in [-0.05, 0) is 31.2 Å². The van der Waals surface area contributed by atoms with Crippen molar-refractivity contribution in [2.24, 2.45) is 10.2 Å². The molecule has 3 rings (SSSR count). The second-order valence-electron chi connectivity index (χ2n) is 5.15. The summed E-state index contributed by atoms with van der Waals surface area (Å²) in [6, 6.07) is 17.7. The summed E-state index contributed by atoms with van der Waals surface area (Å²) in [5.74, 6) is -0.233. The second-order valence-corrected chi connectivity index (χ2v) is 5.94. The SMILES string of the molecule is CC1(Cl)NN(c2ccccc2)C(=O)C1N=Nc1ccccc1. The Balaban J connectivity index is 1.85. The molecule has 5 nitrogen and oxygen atoms in total. The van der Waals surface area contributed by atoms with Crippen molar-refractivity contribution in [1.29, 1.82) is 0 Å². The van der Waals surface area contributed by atoms with Gasteiger partial charge in [0.25, 0.3) is 5.91 Å². The van der Waals surface area contributed by atoms with E-state index >= 15 is 0 Å². The standard InChI is InChI=1S/C16H15ClN4O/c1-16(17)14(19-18-12-8-4-2-5-9-12)15(22)21(20-16)13-10-6-3-7-11-13/h2-11,14,20H,1H3. The molecule has 1 aliphatic heterocycles. The van der Waals surface area contributed by atoms with Gasteiger partial charge in [-0.2, -0.15) is 10.2 Å². The largest absolute Gasteiger partial charge is 0.271 e. The molecule has 0 spiro atoms. The third kappa shape index (κ3) is 2.86. The topological polar surface area (TPSA) is 57.1 Å². The smallest absolute Gasteiger partial charge is 0.270 e. The molecule has 0 aromatic heterocycles. The lowest BCUT2D eigenvalue weighted by Gasteiger charge is -2.20. The molecule has 0 saturated carbocycles. The number of nitrogens with zero attached hydrogens (tertiary/aromatic N) is 3. The molecule has 0 bridgehead atoms. The highest BCUT2D eigenvalue weighted by atomic mass is 35.5. The maximum atomic E-state index is 12.6. The lowest BCUT2D eigenvalue weighted by Crippen LogP contribution is -2.42. The molecule has 2 aromatic carbocycles. The molecule has 1 fully saturated rings. The number of carbonyl (C=O) groups is 1. The maximum Gasteiger partial charge on any atom is 0.271 e. The van der Waals surface area contributed by atoms with Crippen molar-refractivity contribution in [2.45, 2.75) is 18.0 Å². The van der Waals surface area contributed by atoms with Crippen LogP contribution in [0.25, 0.3) is 0 Å². The van der Waals surface area contributed by atoms with E-state index in [9.17, 15) is 4.79 Å². The van der Waals surface area contributed by atoms with E-state index in [4.69, 9.17) is 11.6 Å². The van der Waals surface area contributed by atoms with Gasteiger partial charge in [-0.15, -0.1) is 0 Å². The molecule has 2 atom stereocenters. The summed E-state index contributed by atoms with van der Waals surface area (Å²) in [6.45, 7) is 1.71. The Morgan fingerprint density at radius 3 is 2.32 bits per heavy atom. The van der Waals surface area contributed by atoms with Crippen LogP contribution < -0.4 is 10.4 Å². The number of nitrogens with one attached hydrogen (secondary N) is 1. The average molecular weight is 315 g/mol. The fourth-order valence-electron chi connectivity index (χ4n) is 2.23. The first-order valence-electron chi connectivity index (χ1n) is 6.89. The van der Waals surface area contributed by atoms with Crippen molar-refractivity contribution >= 4 is 28.9 Å². The third-order valence-electron chi connectivity index (χ3n) is 3.36. The molecule has 0 radical (unpaired) electrons. The number of azo groups is 1. The first-order chi connectivity index (χ1) is 10.6. The summed E-state index contributed by atoms with van der Waals surface area (Å²) in [6.07, 6.45) is 0. The lowest BCUT2D eigenvalue weighted by molar-refractivity contribution is -0.118. The number of carbonyl (C=O) groups excluding carboxylic acids is 1. The first-order valence-corrected chi connectivity index (χ1v) is 7.27. The maximum absolute atomic E-state index is 12.6. The molecule has 1 N–H and O–H groups in total. The number of benzene rings is 2. The number of hydrazine groups is 1. The van der Waals surface area contributed by atoms with Crippen molar-refractivity contribution in [1.82, 2.24) is 5.43 Å². The number of halogens is 1. The first kappa shape index (κ1) is 14.7. The Bertz CT molecular complexity index is 688. The van der Waals surface area contributed by atoms with Gasteiger partial charge in [0.2, 0.25) is 0 Å². The summed E-state index contributed by atoms with van der Waals surface area (Å²) in [5, 5.41) is 9.68. The Morgan fingerprint density at radius 2 is 1.68 bits per heavy atom. The fraction of sp³-hybridized carbons (Fsp3) is 0.188. The number of alkyl halides is 1. The summed E-state index contributed by atoms with van der Waals surface area (Å²) in [7, 11) is 0. The van der Waals surface area contributed by atoms with Crippen LogP contribution in [0.2, 0.25) is 0 Å². The minimum absolute atomic E-state index is 0.233. The van der Waals surface area contributed by atoms with Crippen LogP contribution in [0.5, 0.6) is 0 Å².